The van der Waals surface area contributed by atoms with Gasteiger partial charge in [0, 0.05) is 22.5 Å². The topological polar surface area (TPSA) is 24.1 Å². The Kier molecular flexibility index (Phi) is 9.27. The van der Waals surface area contributed by atoms with Crippen molar-refractivity contribution in [1.82, 2.24) is 0 Å². The average molecular weight is 725 g/mol. The van der Waals surface area contributed by atoms with E-state index < -0.39 is 37.1 Å². The van der Waals surface area contributed by atoms with Crippen molar-refractivity contribution in [2.45, 2.75) is 12.4 Å². The maximum atomic E-state index is 13.6. The van der Waals surface area contributed by atoms with Gasteiger partial charge in [0.05, 0.1) is 11.1 Å². The average Bonchev–Trinajstić information content (AvgIpc) is 3.12. The fourth-order valence-electron chi connectivity index (χ4n) is 6.25. The van der Waals surface area contributed by atoms with Gasteiger partial charge in [-0.3, -0.25) is 0 Å². The molecule has 0 bridgehead atoms. The minimum atomic E-state index is -5.00. The van der Waals surface area contributed by atoms with Crippen LogP contribution in [0.15, 0.2) is 152 Å². The molecule has 0 aliphatic carbocycles. The van der Waals surface area contributed by atoms with E-state index in [1.165, 1.54) is 0 Å². The van der Waals surface area contributed by atoms with Crippen LogP contribution in [-0.4, -0.2) is 5.11 Å². The van der Waals surface area contributed by atoms with E-state index in [1.54, 1.807) is 0 Å². The fraction of sp³-hybridized carbons (Fsp3) is 0.0488. The Morgan fingerprint density at radius 2 is 0.961 bits per heavy atom. The van der Waals surface area contributed by atoms with Gasteiger partial charge in [0.2, 0.25) is 0 Å². The van der Waals surface area contributed by atoms with Crippen LogP contribution >= 0.6 is 20.1 Å². The first-order valence-corrected chi connectivity index (χ1v) is 17.5. The number of halogens is 6. The van der Waals surface area contributed by atoms with Gasteiger partial charge in [-0.25, -0.2) is 0 Å². The normalized spacial score (nSPS) is 12.0. The van der Waals surface area contributed by atoms with Gasteiger partial charge in [0.1, 0.15) is 0 Å². The van der Waals surface area contributed by atoms with E-state index in [0.29, 0.717) is 17.8 Å². The number of hydrogen-bond donors (Lipinski definition) is 2. The zero-order valence-corrected chi connectivity index (χ0v) is 28.3. The molecular weight excluding hydrogens is 697 g/mol. The van der Waals surface area contributed by atoms with E-state index in [4.69, 9.17) is 12.2 Å². The van der Waals surface area contributed by atoms with Crippen molar-refractivity contribution in [3.8, 4) is 11.1 Å². The highest BCUT2D eigenvalue weighted by Gasteiger charge is 2.37. The molecule has 10 heteroatoms. The highest BCUT2D eigenvalue weighted by atomic mass is 32.1. The van der Waals surface area contributed by atoms with Crippen LogP contribution in [0.4, 0.5) is 37.7 Å². The van der Waals surface area contributed by atoms with E-state index in [0.717, 1.165) is 48.6 Å². The largest absolute Gasteiger partial charge is 0.416 e. The van der Waals surface area contributed by atoms with E-state index in [1.807, 2.05) is 91.0 Å². The summed E-state index contributed by atoms with van der Waals surface area (Å²) in [4.78, 5) is 0. The number of rotatable bonds is 6. The van der Waals surface area contributed by atoms with Crippen LogP contribution in [-0.2, 0) is 12.4 Å². The Hall–Kier alpha value is -5.24. The van der Waals surface area contributed by atoms with Crippen LogP contribution in [0.25, 0.3) is 32.7 Å². The third kappa shape index (κ3) is 7.18. The maximum Gasteiger partial charge on any atom is 0.416 e. The third-order valence-corrected chi connectivity index (χ3v) is 11.1. The molecule has 2 nitrogen and oxygen atoms in total. The molecule has 2 N–H and O–H groups in total. The Morgan fingerprint density at radius 1 is 0.490 bits per heavy atom. The summed E-state index contributed by atoms with van der Waals surface area (Å²) in [5.74, 6) is 0. The van der Waals surface area contributed by atoms with Crippen LogP contribution in [0.3, 0.4) is 0 Å². The summed E-state index contributed by atoms with van der Waals surface area (Å²) in [7, 11) is -1.11. The van der Waals surface area contributed by atoms with Crippen molar-refractivity contribution in [2.24, 2.45) is 0 Å². The van der Waals surface area contributed by atoms with Gasteiger partial charge >= 0.3 is 12.4 Å². The number of fused-ring (bicyclic) bond motifs is 2. The molecule has 0 spiro atoms. The number of nitrogens with one attached hydrogen (secondary N) is 2. The van der Waals surface area contributed by atoms with Crippen LogP contribution in [0.1, 0.15) is 11.1 Å². The first kappa shape index (κ1) is 34.2. The molecular formula is C41H27F6N2PS. The van der Waals surface area contributed by atoms with E-state index in [2.05, 4.69) is 53.1 Å². The Morgan fingerprint density at radius 3 is 1.49 bits per heavy atom. The zero-order chi connectivity index (χ0) is 35.8. The predicted octanol–water partition coefficient (Wildman–Crippen LogP) is 11.3. The lowest BCUT2D eigenvalue weighted by Crippen LogP contribution is -2.23. The SMILES string of the molecule is FC(F)(F)c1cc(NC(=S)Nc2ccc3ccccc3c2-c2c(P(c3ccccc3)c3ccccc3)ccc3ccccc23)cc(C(F)(F)F)c1. The molecule has 0 radical (unpaired) electrons. The fourth-order valence-corrected chi connectivity index (χ4v) is 8.95. The van der Waals surface area contributed by atoms with Crippen LogP contribution < -0.4 is 26.5 Å². The van der Waals surface area contributed by atoms with Gasteiger partial charge in [0.25, 0.3) is 0 Å². The maximum absolute atomic E-state index is 13.6. The third-order valence-electron chi connectivity index (χ3n) is 8.45. The second-order valence-electron chi connectivity index (χ2n) is 11.8. The first-order valence-electron chi connectivity index (χ1n) is 15.8. The van der Waals surface area contributed by atoms with Crippen LogP contribution in [0.2, 0.25) is 0 Å². The lowest BCUT2D eigenvalue weighted by Gasteiger charge is -2.26. The van der Waals surface area contributed by atoms with Gasteiger partial charge in [-0.2, -0.15) is 26.3 Å². The number of thiocarbonyl (C=S) groups is 1. The van der Waals surface area contributed by atoms with Gasteiger partial charge < -0.3 is 10.6 Å². The smallest absolute Gasteiger partial charge is 0.332 e. The Labute approximate surface area is 296 Å². The summed E-state index contributed by atoms with van der Waals surface area (Å²) < 4.78 is 81.9. The molecule has 0 saturated heterocycles. The van der Waals surface area contributed by atoms with E-state index >= 15 is 0 Å². The summed E-state index contributed by atoms with van der Waals surface area (Å²) in [5, 5.41) is 12.7. The molecule has 0 heterocycles. The van der Waals surface area contributed by atoms with Crippen LogP contribution in [0, 0.1) is 0 Å². The highest BCUT2D eigenvalue weighted by Crippen LogP contribution is 2.45. The number of hydrogen-bond acceptors (Lipinski definition) is 1. The molecule has 51 heavy (non-hydrogen) atoms. The zero-order valence-electron chi connectivity index (χ0n) is 26.6. The summed E-state index contributed by atoms with van der Waals surface area (Å²) in [6.45, 7) is 0. The monoisotopic (exact) mass is 724 g/mol. The van der Waals surface area contributed by atoms with E-state index in [9.17, 15) is 26.3 Å². The quantitative estimate of drug-likeness (QED) is 0.101. The van der Waals surface area contributed by atoms with Gasteiger partial charge in [0.15, 0.2) is 5.11 Å². The second-order valence-corrected chi connectivity index (χ2v) is 14.4. The summed E-state index contributed by atoms with van der Waals surface area (Å²) >= 11 is 5.58. The van der Waals surface area contributed by atoms with Crippen molar-refractivity contribution in [2.75, 3.05) is 10.6 Å². The Bertz CT molecular complexity index is 2310. The molecule has 0 aliphatic heterocycles. The molecule has 7 aromatic rings. The summed E-state index contributed by atoms with van der Waals surface area (Å²) in [5.41, 5.74) is -1.06. The van der Waals surface area contributed by atoms with Crippen molar-refractivity contribution in [3.63, 3.8) is 0 Å². The predicted molar refractivity (Wildman–Crippen MR) is 202 cm³/mol. The van der Waals surface area contributed by atoms with Gasteiger partial charge in [-0.05, 0) is 81.9 Å². The van der Waals surface area contributed by atoms with Gasteiger partial charge in [-0.15, -0.1) is 0 Å². The summed E-state index contributed by atoms with van der Waals surface area (Å²) in [6, 6.07) is 45.6. The molecule has 0 unspecified atom stereocenters. The van der Waals surface area contributed by atoms with Crippen molar-refractivity contribution < 1.29 is 26.3 Å². The lowest BCUT2D eigenvalue weighted by atomic mass is 9.92. The number of alkyl halides is 6. The van der Waals surface area contributed by atoms with Crippen molar-refractivity contribution >= 4 is 74.1 Å². The molecule has 0 aromatic heterocycles. The first-order chi connectivity index (χ1) is 24.5. The minimum Gasteiger partial charge on any atom is -0.332 e. The molecule has 0 aliphatic rings. The van der Waals surface area contributed by atoms with Gasteiger partial charge in [-0.1, -0.05) is 127 Å². The van der Waals surface area contributed by atoms with Crippen molar-refractivity contribution in [1.29, 1.82) is 0 Å². The standard InChI is InChI=1S/C41H27F6N2PS/c42-40(43,44)28-23-29(41(45,46)47)25-30(24-28)48-39(51)49-35-21-19-26-11-7-9-17-33(26)37(35)38-34-18-10-8-12-27(34)20-22-36(38)50(31-13-3-1-4-14-31)32-15-5-2-6-16-32/h1-25H,(H2,48,49,51). The van der Waals surface area contributed by atoms with Crippen LogP contribution in [0.5, 0.6) is 0 Å². The molecule has 0 saturated carbocycles. The molecule has 7 rings (SSSR count). The summed E-state index contributed by atoms with van der Waals surface area (Å²) in [6.07, 6.45) is -10.0. The highest BCUT2D eigenvalue weighted by molar-refractivity contribution is 7.81. The van der Waals surface area contributed by atoms with E-state index in [-0.39, 0.29) is 11.2 Å². The van der Waals surface area contributed by atoms with Crippen molar-refractivity contribution in [3.05, 3.63) is 163 Å². The number of anilines is 2. The lowest BCUT2D eigenvalue weighted by molar-refractivity contribution is -0.143. The minimum absolute atomic E-state index is 0.0862. The molecule has 0 fully saturated rings. The molecule has 254 valence electrons. The number of benzene rings is 7. The molecule has 0 amide bonds. The molecule has 0 atom stereocenters. The Balaban J connectivity index is 1.43. The second kappa shape index (κ2) is 13.8. The molecule has 7 aromatic carbocycles.